The van der Waals surface area contributed by atoms with Gasteiger partial charge >= 0.3 is 6.09 Å². The Morgan fingerprint density at radius 1 is 1.32 bits per heavy atom. The first kappa shape index (κ1) is 17.0. The zero-order chi connectivity index (χ0) is 15.9. The van der Waals surface area contributed by atoms with Gasteiger partial charge in [0.1, 0.15) is 0 Å². The fraction of sp³-hybridized carbons (Fsp3) is 0.867. The molecule has 126 valence electrons. The van der Waals surface area contributed by atoms with Gasteiger partial charge in [-0.3, -0.25) is 9.69 Å². The first-order valence-electron chi connectivity index (χ1n) is 8.12. The number of morpholine rings is 1. The van der Waals surface area contributed by atoms with Crippen LogP contribution in [0.1, 0.15) is 26.2 Å². The Labute approximate surface area is 131 Å². The number of hydrogen-bond donors (Lipinski definition) is 1. The van der Waals surface area contributed by atoms with Crippen LogP contribution in [0, 0.1) is 0 Å². The molecule has 0 radical (unpaired) electrons. The van der Waals surface area contributed by atoms with Gasteiger partial charge in [-0.15, -0.1) is 0 Å². The quantitative estimate of drug-likeness (QED) is 0.746. The van der Waals surface area contributed by atoms with E-state index in [9.17, 15) is 9.59 Å². The summed E-state index contributed by atoms with van der Waals surface area (Å²) < 4.78 is 10.4. The van der Waals surface area contributed by atoms with Gasteiger partial charge < -0.3 is 19.7 Å². The summed E-state index contributed by atoms with van der Waals surface area (Å²) in [7, 11) is 1.92. The van der Waals surface area contributed by atoms with Crippen LogP contribution in [0.2, 0.25) is 0 Å². The number of carbonyl (C=O) groups is 2. The van der Waals surface area contributed by atoms with E-state index < -0.39 is 0 Å². The van der Waals surface area contributed by atoms with Crippen LogP contribution in [-0.2, 0) is 14.3 Å². The van der Waals surface area contributed by atoms with Gasteiger partial charge in [0.2, 0.25) is 5.91 Å². The average Bonchev–Trinajstić information content (AvgIpc) is 2.88. The third-order valence-electron chi connectivity index (χ3n) is 4.21. The monoisotopic (exact) mass is 313 g/mol. The minimum atomic E-state index is -0.383. The minimum Gasteiger partial charge on any atom is -0.450 e. The van der Waals surface area contributed by atoms with Crippen molar-refractivity contribution in [1.82, 2.24) is 15.1 Å². The second-order valence-corrected chi connectivity index (χ2v) is 5.96. The van der Waals surface area contributed by atoms with Crippen molar-refractivity contribution in [3.8, 4) is 0 Å². The van der Waals surface area contributed by atoms with E-state index in [1.54, 1.807) is 0 Å². The number of ether oxygens (including phenoxy) is 2. The van der Waals surface area contributed by atoms with E-state index in [2.05, 4.69) is 12.2 Å². The van der Waals surface area contributed by atoms with Crippen LogP contribution in [-0.4, -0.2) is 80.4 Å². The summed E-state index contributed by atoms with van der Waals surface area (Å²) in [4.78, 5) is 28.1. The maximum Gasteiger partial charge on any atom is 0.407 e. The van der Waals surface area contributed by atoms with Crippen molar-refractivity contribution in [3.63, 3.8) is 0 Å². The molecular formula is C15H27N3O4. The molecule has 0 saturated carbocycles. The van der Waals surface area contributed by atoms with Crippen molar-refractivity contribution < 1.29 is 19.1 Å². The Hall–Kier alpha value is -1.34. The highest BCUT2D eigenvalue weighted by Gasteiger charge is 2.37. The summed E-state index contributed by atoms with van der Waals surface area (Å²) in [6.07, 6.45) is 2.12. The number of likely N-dealkylation sites (tertiary alicyclic amines) is 1. The van der Waals surface area contributed by atoms with Crippen molar-refractivity contribution in [1.29, 1.82) is 0 Å². The molecule has 7 nitrogen and oxygen atoms in total. The highest BCUT2D eigenvalue weighted by atomic mass is 16.5. The number of unbranched alkanes of at least 4 members (excludes halogenated alkanes) is 1. The summed E-state index contributed by atoms with van der Waals surface area (Å²) in [5.41, 5.74) is 0. The fourth-order valence-corrected chi connectivity index (χ4v) is 2.90. The van der Waals surface area contributed by atoms with Gasteiger partial charge in [-0.1, -0.05) is 13.3 Å². The normalized spacial score (nSPS) is 26.0. The lowest BCUT2D eigenvalue weighted by molar-refractivity contribution is -0.139. The zero-order valence-electron chi connectivity index (χ0n) is 13.5. The van der Waals surface area contributed by atoms with E-state index >= 15 is 0 Å². The van der Waals surface area contributed by atoms with Crippen LogP contribution < -0.4 is 5.32 Å². The topological polar surface area (TPSA) is 71.1 Å². The largest absolute Gasteiger partial charge is 0.450 e. The lowest BCUT2D eigenvalue weighted by Crippen LogP contribution is -2.48. The molecule has 0 unspecified atom stereocenters. The van der Waals surface area contributed by atoms with Gasteiger partial charge in [0.05, 0.1) is 25.9 Å². The number of nitrogens with one attached hydrogen (secondary N) is 1. The third-order valence-corrected chi connectivity index (χ3v) is 4.21. The highest BCUT2D eigenvalue weighted by Crippen LogP contribution is 2.19. The molecule has 0 aromatic rings. The van der Waals surface area contributed by atoms with Gasteiger partial charge in [-0.25, -0.2) is 4.79 Å². The molecule has 2 aliphatic rings. The zero-order valence-corrected chi connectivity index (χ0v) is 13.5. The predicted molar refractivity (Wildman–Crippen MR) is 81.6 cm³/mol. The SMILES string of the molecule is CCCCOC(=O)N[C@H]1C[C@@H](C(=O)N2CCOCC2)N(C)C1. The van der Waals surface area contributed by atoms with Crippen LogP contribution in [0.5, 0.6) is 0 Å². The van der Waals surface area contributed by atoms with E-state index in [1.165, 1.54) is 0 Å². The second-order valence-electron chi connectivity index (χ2n) is 5.96. The molecule has 0 aliphatic carbocycles. The van der Waals surface area contributed by atoms with Crippen LogP contribution in [0.15, 0.2) is 0 Å². The molecule has 2 amide bonds. The van der Waals surface area contributed by atoms with Crippen molar-refractivity contribution in [2.45, 2.75) is 38.3 Å². The molecule has 0 aromatic heterocycles. The van der Waals surface area contributed by atoms with Gasteiger partial charge in [-0.05, 0) is 19.9 Å². The van der Waals surface area contributed by atoms with Crippen molar-refractivity contribution >= 4 is 12.0 Å². The van der Waals surface area contributed by atoms with E-state index in [1.807, 2.05) is 16.8 Å². The molecule has 22 heavy (non-hydrogen) atoms. The highest BCUT2D eigenvalue weighted by molar-refractivity contribution is 5.82. The number of amides is 2. The maximum atomic E-state index is 12.5. The van der Waals surface area contributed by atoms with Crippen molar-refractivity contribution in [2.24, 2.45) is 0 Å². The smallest absolute Gasteiger partial charge is 0.407 e. The Bertz CT molecular complexity index is 385. The summed E-state index contributed by atoms with van der Waals surface area (Å²) in [5, 5.41) is 2.86. The van der Waals surface area contributed by atoms with E-state index in [0.29, 0.717) is 45.9 Å². The summed E-state index contributed by atoms with van der Waals surface area (Å²) in [6.45, 7) is 5.68. The molecule has 7 heteroatoms. The molecule has 2 rings (SSSR count). The standard InChI is InChI=1S/C15H27N3O4/c1-3-4-7-22-15(20)16-12-10-13(17(2)11-12)14(19)18-5-8-21-9-6-18/h12-13H,3-11H2,1-2H3,(H,16,20)/t12-,13-/m0/s1. The number of carbonyl (C=O) groups excluding carboxylic acids is 2. The molecular weight excluding hydrogens is 286 g/mol. The Morgan fingerprint density at radius 3 is 2.73 bits per heavy atom. The maximum absolute atomic E-state index is 12.5. The van der Waals surface area contributed by atoms with E-state index in [-0.39, 0.29) is 24.1 Å². The molecule has 0 spiro atoms. The fourth-order valence-electron chi connectivity index (χ4n) is 2.90. The van der Waals surface area contributed by atoms with Crippen LogP contribution >= 0.6 is 0 Å². The predicted octanol–water partition coefficient (Wildman–Crippen LogP) is 0.444. The molecule has 2 aliphatic heterocycles. The Kier molecular flexibility index (Phi) is 6.45. The van der Waals surface area contributed by atoms with Gasteiger partial charge in [-0.2, -0.15) is 0 Å². The third kappa shape index (κ3) is 4.58. The van der Waals surface area contributed by atoms with E-state index in [4.69, 9.17) is 9.47 Å². The molecule has 2 atom stereocenters. The average molecular weight is 313 g/mol. The number of alkyl carbamates (subject to hydrolysis) is 1. The lowest BCUT2D eigenvalue weighted by Gasteiger charge is -2.31. The number of hydrogen-bond acceptors (Lipinski definition) is 5. The van der Waals surface area contributed by atoms with Crippen LogP contribution in [0.3, 0.4) is 0 Å². The summed E-state index contributed by atoms with van der Waals surface area (Å²) >= 11 is 0. The van der Waals surface area contributed by atoms with Gasteiger partial charge in [0.25, 0.3) is 0 Å². The lowest BCUT2D eigenvalue weighted by atomic mass is 10.1. The minimum absolute atomic E-state index is 0.0332. The number of rotatable bonds is 5. The molecule has 0 aromatic carbocycles. The number of likely N-dealkylation sites (N-methyl/N-ethyl adjacent to an activating group) is 1. The van der Waals surface area contributed by atoms with E-state index in [0.717, 1.165) is 12.8 Å². The second kappa shape index (κ2) is 8.33. The molecule has 2 saturated heterocycles. The molecule has 0 bridgehead atoms. The Morgan fingerprint density at radius 2 is 2.05 bits per heavy atom. The van der Waals surface area contributed by atoms with Gasteiger partial charge in [0.15, 0.2) is 0 Å². The van der Waals surface area contributed by atoms with Crippen LogP contribution in [0.25, 0.3) is 0 Å². The molecule has 1 N–H and O–H groups in total. The summed E-state index contributed by atoms with van der Waals surface area (Å²) in [6, 6.07) is -0.201. The summed E-state index contributed by atoms with van der Waals surface area (Å²) in [5.74, 6) is 0.134. The number of nitrogens with zero attached hydrogens (tertiary/aromatic N) is 2. The first-order chi connectivity index (χ1) is 10.6. The molecule has 2 fully saturated rings. The van der Waals surface area contributed by atoms with Crippen molar-refractivity contribution in [2.75, 3.05) is 46.5 Å². The van der Waals surface area contributed by atoms with Crippen LogP contribution in [0.4, 0.5) is 4.79 Å². The molecule has 2 heterocycles. The first-order valence-corrected chi connectivity index (χ1v) is 8.12. The van der Waals surface area contributed by atoms with Crippen molar-refractivity contribution in [3.05, 3.63) is 0 Å². The Balaban J connectivity index is 1.78. The van der Waals surface area contributed by atoms with Gasteiger partial charge in [0, 0.05) is 25.7 Å².